The second-order valence-corrected chi connectivity index (χ2v) is 6.05. The summed E-state index contributed by atoms with van der Waals surface area (Å²) in [4.78, 5) is 24.3. The fourth-order valence-electron chi connectivity index (χ4n) is 1.95. The summed E-state index contributed by atoms with van der Waals surface area (Å²) in [6, 6.07) is 8.75. The van der Waals surface area contributed by atoms with Gasteiger partial charge in [-0.05, 0) is 36.8 Å². The van der Waals surface area contributed by atoms with Crippen LogP contribution in [0.15, 0.2) is 46.1 Å². The van der Waals surface area contributed by atoms with E-state index in [-0.39, 0.29) is 11.3 Å². The highest BCUT2D eigenvalue weighted by Gasteiger charge is 2.11. The molecule has 0 saturated heterocycles. The number of alkyl halides is 2. The van der Waals surface area contributed by atoms with Crippen molar-refractivity contribution in [3.05, 3.63) is 52.4 Å². The van der Waals surface area contributed by atoms with Gasteiger partial charge in [0.2, 0.25) is 0 Å². The van der Waals surface area contributed by atoms with Gasteiger partial charge in [-0.15, -0.1) is 0 Å². The van der Waals surface area contributed by atoms with Crippen molar-refractivity contribution in [2.75, 3.05) is 5.32 Å². The van der Waals surface area contributed by atoms with Gasteiger partial charge in [-0.2, -0.15) is 13.9 Å². The molecular formula is C16H17F2N3O2S. The highest BCUT2D eigenvalue weighted by Crippen LogP contribution is 2.26. The molecule has 128 valence electrons. The van der Waals surface area contributed by atoms with Gasteiger partial charge < -0.3 is 5.32 Å². The predicted molar refractivity (Wildman–Crippen MR) is 89.7 cm³/mol. The number of benzene rings is 1. The molecule has 0 aliphatic rings. The molecule has 1 amide bonds. The van der Waals surface area contributed by atoms with E-state index in [1.165, 1.54) is 41.1 Å². The Balaban J connectivity index is 2.07. The molecule has 8 heteroatoms. The van der Waals surface area contributed by atoms with Crippen molar-refractivity contribution in [3.8, 4) is 0 Å². The molecule has 24 heavy (non-hydrogen) atoms. The smallest absolute Gasteiger partial charge is 0.288 e. The van der Waals surface area contributed by atoms with Gasteiger partial charge in [0.25, 0.3) is 17.2 Å². The van der Waals surface area contributed by atoms with Gasteiger partial charge in [-0.1, -0.05) is 25.1 Å². The number of nitrogens with one attached hydrogen (secondary N) is 1. The molecular weight excluding hydrogens is 336 g/mol. The van der Waals surface area contributed by atoms with Gasteiger partial charge >= 0.3 is 0 Å². The number of rotatable bonds is 7. The van der Waals surface area contributed by atoms with E-state index in [9.17, 15) is 18.4 Å². The summed E-state index contributed by atoms with van der Waals surface area (Å²) in [6.45, 7) is 2.45. The number of thioether (sulfide) groups is 1. The Morgan fingerprint density at radius 1 is 1.25 bits per heavy atom. The third kappa shape index (κ3) is 5.16. The first kappa shape index (κ1) is 18.1. The van der Waals surface area contributed by atoms with E-state index in [1.54, 1.807) is 0 Å². The maximum atomic E-state index is 12.3. The maximum absolute atomic E-state index is 12.3. The molecule has 0 aliphatic carbocycles. The van der Waals surface area contributed by atoms with Crippen LogP contribution in [0, 0.1) is 0 Å². The third-order valence-corrected chi connectivity index (χ3v) is 3.88. The normalized spacial score (nSPS) is 10.8. The minimum atomic E-state index is -2.49. The number of carbonyl (C=O) groups is 1. The molecule has 5 nitrogen and oxygen atoms in total. The number of amides is 1. The minimum absolute atomic E-state index is 0.122. The van der Waals surface area contributed by atoms with Crippen LogP contribution < -0.4 is 10.9 Å². The zero-order valence-corrected chi connectivity index (χ0v) is 13.9. The Morgan fingerprint density at radius 3 is 2.58 bits per heavy atom. The number of unbranched alkanes of at least 4 members (excludes halogenated alkanes) is 1. The lowest BCUT2D eigenvalue weighted by Gasteiger charge is -2.08. The number of carbonyl (C=O) groups excluding carboxylic acids is 1. The van der Waals surface area contributed by atoms with Crippen LogP contribution in [0.5, 0.6) is 0 Å². The molecule has 1 aromatic heterocycles. The molecule has 2 aromatic rings. The molecule has 0 fully saturated rings. The number of aromatic nitrogens is 2. The van der Waals surface area contributed by atoms with E-state index in [0.29, 0.717) is 28.9 Å². The average molecular weight is 353 g/mol. The van der Waals surface area contributed by atoms with Gasteiger partial charge in [-0.3, -0.25) is 9.59 Å². The first-order valence-electron chi connectivity index (χ1n) is 7.44. The molecule has 0 atom stereocenters. The van der Waals surface area contributed by atoms with Crippen LogP contribution in [0.4, 0.5) is 14.5 Å². The zero-order chi connectivity index (χ0) is 17.5. The number of halogens is 2. The molecule has 0 spiro atoms. The zero-order valence-electron chi connectivity index (χ0n) is 13.0. The number of hydrogen-bond donors (Lipinski definition) is 1. The second kappa shape index (κ2) is 8.58. The molecule has 1 aromatic carbocycles. The van der Waals surface area contributed by atoms with Gasteiger partial charge in [0.05, 0.1) is 0 Å². The fourth-order valence-corrected chi connectivity index (χ4v) is 2.45. The Labute approximate surface area is 142 Å². The summed E-state index contributed by atoms with van der Waals surface area (Å²) in [7, 11) is 0. The fraction of sp³-hybridized carbons (Fsp3) is 0.312. The van der Waals surface area contributed by atoms with Crippen LogP contribution in [0.1, 0.15) is 30.3 Å². The number of nitrogens with zero attached hydrogens (tertiary/aromatic N) is 2. The quantitative estimate of drug-likeness (QED) is 0.773. The van der Waals surface area contributed by atoms with E-state index < -0.39 is 11.7 Å². The lowest BCUT2D eigenvalue weighted by Crippen LogP contribution is -2.26. The summed E-state index contributed by atoms with van der Waals surface area (Å²) in [5.41, 5.74) is 0.330. The maximum Gasteiger partial charge on any atom is 0.288 e. The first-order chi connectivity index (χ1) is 11.5. The van der Waals surface area contributed by atoms with Crippen LogP contribution in [0.25, 0.3) is 0 Å². The Hall–Kier alpha value is -2.22. The molecule has 1 N–H and O–H groups in total. The SMILES string of the molecule is CCCCn1nc(C(=O)Nc2ccc(SC(F)F)cc2)ccc1=O. The highest BCUT2D eigenvalue weighted by molar-refractivity contribution is 7.99. The predicted octanol–water partition coefficient (Wildman–Crippen LogP) is 3.61. The van der Waals surface area contributed by atoms with Gasteiger partial charge in [0.1, 0.15) is 5.69 Å². The van der Waals surface area contributed by atoms with E-state index in [1.807, 2.05) is 6.92 Å². The van der Waals surface area contributed by atoms with Crippen LogP contribution >= 0.6 is 11.8 Å². The van der Waals surface area contributed by atoms with Crippen molar-refractivity contribution in [2.45, 2.75) is 37.0 Å². The second-order valence-electron chi connectivity index (χ2n) is 4.99. The van der Waals surface area contributed by atoms with Crippen molar-refractivity contribution < 1.29 is 13.6 Å². The summed E-state index contributed by atoms with van der Waals surface area (Å²) in [5.74, 6) is -2.95. The first-order valence-corrected chi connectivity index (χ1v) is 8.32. The van der Waals surface area contributed by atoms with Crippen LogP contribution in [-0.4, -0.2) is 21.4 Å². The average Bonchev–Trinajstić information content (AvgIpc) is 2.55. The van der Waals surface area contributed by atoms with Gasteiger partial charge in [0, 0.05) is 23.2 Å². The Bertz CT molecular complexity index is 748. The van der Waals surface area contributed by atoms with Crippen molar-refractivity contribution in [2.24, 2.45) is 0 Å². The molecule has 0 radical (unpaired) electrons. The van der Waals surface area contributed by atoms with E-state index >= 15 is 0 Å². The van der Waals surface area contributed by atoms with Gasteiger partial charge in [-0.25, -0.2) is 4.68 Å². The summed E-state index contributed by atoms with van der Waals surface area (Å²) >= 11 is 0.437. The molecule has 0 aliphatic heterocycles. The molecule has 2 rings (SSSR count). The molecule has 0 unspecified atom stereocenters. The topological polar surface area (TPSA) is 64.0 Å². The number of anilines is 1. The Kier molecular flexibility index (Phi) is 6.48. The van der Waals surface area contributed by atoms with Crippen molar-refractivity contribution in [1.82, 2.24) is 9.78 Å². The minimum Gasteiger partial charge on any atom is -0.321 e. The lowest BCUT2D eigenvalue weighted by atomic mass is 10.3. The molecule has 0 saturated carbocycles. The van der Waals surface area contributed by atoms with Crippen LogP contribution in [0.2, 0.25) is 0 Å². The third-order valence-electron chi connectivity index (χ3n) is 3.16. The largest absolute Gasteiger partial charge is 0.321 e. The van der Waals surface area contributed by atoms with Gasteiger partial charge in [0.15, 0.2) is 0 Å². The van der Waals surface area contributed by atoms with E-state index in [4.69, 9.17) is 0 Å². The van der Waals surface area contributed by atoms with E-state index in [2.05, 4.69) is 10.4 Å². The van der Waals surface area contributed by atoms with E-state index in [0.717, 1.165) is 12.8 Å². The molecule has 1 heterocycles. The van der Waals surface area contributed by atoms with Crippen molar-refractivity contribution in [3.63, 3.8) is 0 Å². The monoisotopic (exact) mass is 353 g/mol. The molecule has 0 bridgehead atoms. The summed E-state index contributed by atoms with van der Waals surface area (Å²) in [6.07, 6.45) is 1.70. The van der Waals surface area contributed by atoms with Crippen molar-refractivity contribution >= 4 is 23.4 Å². The number of hydrogen-bond acceptors (Lipinski definition) is 4. The van der Waals surface area contributed by atoms with Crippen LogP contribution in [-0.2, 0) is 6.54 Å². The lowest BCUT2D eigenvalue weighted by molar-refractivity contribution is 0.101. The van der Waals surface area contributed by atoms with Crippen LogP contribution in [0.3, 0.4) is 0 Å². The summed E-state index contributed by atoms with van der Waals surface area (Å²) in [5, 5.41) is 6.68. The number of aryl methyl sites for hydroxylation is 1. The Morgan fingerprint density at radius 2 is 1.96 bits per heavy atom. The standard InChI is InChI=1S/C16H17F2N3O2S/c1-2-3-10-21-14(22)9-8-13(20-21)15(23)19-11-4-6-12(7-5-11)24-16(17)18/h4-9,16H,2-3,10H2,1H3,(H,19,23). The summed E-state index contributed by atoms with van der Waals surface area (Å²) < 4.78 is 25.8. The van der Waals surface area contributed by atoms with Crippen molar-refractivity contribution in [1.29, 1.82) is 0 Å². The highest BCUT2D eigenvalue weighted by atomic mass is 32.2.